The molecule has 2 N–H and O–H groups in total. The Kier molecular flexibility index (Phi) is 4.72. The predicted octanol–water partition coefficient (Wildman–Crippen LogP) is 2.46. The van der Waals surface area contributed by atoms with Crippen LogP contribution in [0.4, 0.5) is 4.39 Å². The van der Waals surface area contributed by atoms with Crippen molar-refractivity contribution in [3.05, 3.63) is 34.1 Å². The van der Waals surface area contributed by atoms with E-state index in [4.69, 9.17) is 0 Å². The van der Waals surface area contributed by atoms with E-state index in [1.54, 1.807) is 12.1 Å². The average Bonchev–Trinajstić information content (AvgIpc) is 2.85. The maximum atomic E-state index is 13.3. The van der Waals surface area contributed by atoms with Gasteiger partial charge in [0.2, 0.25) is 0 Å². The molecule has 1 heterocycles. The number of carbonyl (C=O) groups excluding carboxylic acids is 1. The molecule has 1 aromatic carbocycles. The quantitative estimate of drug-likeness (QED) is 0.896. The molecule has 5 heteroatoms. The first kappa shape index (κ1) is 13.5. The summed E-state index contributed by atoms with van der Waals surface area (Å²) in [5.41, 5.74) is 0.357. The second-order valence-corrected chi connectivity index (χ2v) is 5.32. The molecule has 18 heavy (non-hydrogen) atoms. The molecule has 1 atom stereocenters. The molecule has 1 unspecified atom stereocenters. The monoisotopic (exact) mass is 314 g/mol. The van der Waals surface area contributed by atoms with Crippen LogP contribution in [-0.2, 0) is 0 Å². The molecule has 0 spiro atoms. The minimum Gasteiger partial charge on any atom is -0.352 e. The highest BCUT2D eigenvalue weighted by atomic mass is 79.9. The van der Waals surface area contributed by atoms with Crippen LogP contribution in [0.2, 0.25) is 0 Å². The fourth-order valence-electron chi connectivity index (χ4n) is 2.10. The van der Waals surface area contributed by atoms with Gasteiger partial charge in [0.25, 0.3) is 5.91 Å². The summed E-state index contributed by atoms with van der Waals surface area (Å²) in [6, 6.07) is 4.90. The van der Waals surface area contributed by atoms with Gasteiger partial charge in [0.05, 0.1) is 4.47 Å². The Morgan fingerprint density at radius 2 is 2.39 bits per heavy atom. The molecular formula is C13H16BrFN2O. The van der Waals surface area contributed by atoms with Crippen LogP contribution in [0.25, 0.3) is 0 Å². The topological polar surface area (TPSA) is 41.1 Å². The molecular weight excluding hydrogens is 299 g/mol. The van der Waals surface area contributed by atoms with E-state index in [9.17, 15) is 9.18 Å². The number of nitrogens with one attached hydrogen (secondary N) is 2. The van der Waals surface area contributed by atoms with Gasteiger partial charge in [-0.3, -0.25) is 4.79 Å². The Morgan fingerprint density at radius 1 is 1.56 bits per heavy atom. The first-order valence-electron chi connectivity index (χ1n) is 6.13. The van der Waals surface area contributed by atoms with Crippen LogP contribution in [0.1, 0.15) is 29.6 Å². The molecule has 1 aliphatic rings. The molecule has 1 fully saturated rings. The maximum Gasteiger partial charge on any atom is 0.251 e. The van der Waals surface area contributed by atoms with Gasteiger partial charge in [0.1, 0.15) is 5.82 Å². The van der Waals surface area contributed by atoms with Gasteiger partial charge < -0.3 is 10.6 Å². The van der Waals surface area contributed by atoms with Crippen LogP contribution < -0.4 is 10.6 Å². The van der Waals surface area contributed by atoms with Crippen molar-refractivity contribution >= 4 is 21.8 Å². The number of halogens is 2. The predicted molar refractivity (Wildman–Crippen MR) is 72.1 cm³/mol. The van der Waals surface area contributed by atoms with Crippen molar-refractivity contribution in [1.29, 1.82) is 0 Å². The number of rotatable bonds is 4. The Hall–Kier alpha value is -0.940. The van der Waals surface area contributed by atoms with E-state index in [0.717, 1.165) is 13.0 Å². The van der Waals surface area contributed by atoms with Gasteiger partial charge in [0, 0.05) is 18.2 Å². The van der Waals surface area contributed by atoms with Gasteiger partial charge in [-0.2, -0.15) is 0 Å². The van der Waals surface area contributed by atoms with Crippen molar-refractivity contribution in [3.63, 3.8) is 0 Å². The molecule has 0 radical (unpaired) electrons. The number of hydrogen-bond donors (Lipinski definition) is 2. The van der Waals surface area contributed by atoms with Gasteiger partial charge in [-0.15, -0.1) is 0 Å². The summed E-state index contributed by atoms with van der Waals surface area (Å²) in [7, 11) is 0. The highest BCUT2D eigenvalue weighted by Gasteiger charge is 2.14. The van der Waals surface area contributed by atoms with Gasteiger partial charge in [0.15, 0.2) is 0 Å². The number of benzene rings is 1. The maximum absolute atomic E-state index is 13.3. The second kappa shape index (κ2) is 6.29. The van der Waals surface area contributed by atoms with Crippen molar-refractivity contribution < 1.29 is 9.18 Å². The van der Waals surface area contributed by atoms with Crippen molar-refractivity contribution in [2.45, 2.75) is 25.3 Å². The van der Waals surface area contributed by atoms with E-state index in [2.05, 4.69) is 26.6 Å². The van der Waals surface area contributed by atoms with Gasteiger partial charge in [-0.05, 0) is 59.9 Å². The van der Waals surface area contributed by atoms with Crippen LogP contribution in [0, 0.1) is 5.82 Å². The molecule has 1 amide bonds. The molecule has 1 aliphatic heterocycles. The standard InChI is InChI=1S/C13H16BrFN2O/c14-11-4-3-9(8-12(11)15)13(18)17-7-5-10-2-1-6-16-10/h3-4,8,10,16H,1-2,5-7H2,(H,17,18). The summed E-state index contributed by atoms with van der Waals surface area (Å²) in [5.74, 6) is -0.639. The summed E-state index contributed by atoms with van der Waals surface area (Å²) in [5, 5.41) is 6.18. The van der Waals surface area contributed by atoms with E-state index in [-0.39, 0.29) is 5.91 Å². The lowest BCUT2D eigenvalue weighted by Gasteiger charge is -2.10. The molecule has 0 saturated carbocycles. The molecule has 0 aliphatic carbocycles. The Labute approximate surface area is 114 Å². The van der Waals surface area contributed by atoms with Crippen LogP contribution >= 0.6 is 15.9 Å². The highest BCUT2D eigenvalue weighted by molar-refractivity contribution is 9.10. The zero-order valence-corrected chi connectivity index (χ0v) is 11.6. The summed E-state index contributed by atoms with van der Waals surface area (Å²) >= 11 is 3.06. The summed E-state index contributed by atoms with van der Waals surface area (Å²) in [4.78, 5) is 11.8. The number of amides is 1. The molecule has 1 aromatic rings. The van der Waals surface area contributed by atoms with Crippen molar-refractivity contribution in [1.82, 2.24) is 10.6 Å². The molecule has 3 nitrogen and oxygen atoms in total. The molecule has 0 aromatic heterocycles. The zero-order chi connectivity index (χ0) is 13.0. The third kappa shape index (κ3) is 3.53. The minimum atomic E-state index is -0.417. The lowest BCUT2D eigenvalue weighted by atomic mass is 10.1. The van der Waals surface area contributed by atoms with E-state index in [1.807, 2.05) is 0 Å². The normalized spacial score (nSPS) is 18.9. The molecule has 1 saturated heterocycles. The van der Waals surface area contributed by atoms with Crippen molar-refractivity contribution in [3.8, 4) is 0 Å². The van der Waals surface area contributed by atoms with E-state index in [1.165, 1.54) is 18.9 Å². The summed E-state index contributed by atoms with van der Waals surface area (Å²) < 4.78 is 13.6. The fourth-order valence-corrected chi connectivity index (χ4v) is 2.35. The molecule has 0 bridgehead atoms. The van der Waals surface area contributed by atoms with Gasteiger partial charge in [-0.1, -0.05) is 0 Å². The number of hydrogen-bond acceptors (Lipinski definition) is 2. The second-order valence-electron chi connectivity index (χ2n) is 4.47. The van der Waals surface area contributed by atoms with Crippen molar-refractivity contribution in [2.24, 2.45) is 0 Å². The largest absolute Gasteiger partial charge is 0.352 e. The van der Waals surface area contributed by atoms with E-state index >= 15 is 0 Å². The van der Waals surface area contributed by atoms with E-state index < -0.39 is 5.82 Å². The van der Waals surface area contributed by atoms with Crippen LogP contribution in [0.15, 0.2) is 22.7 Å². The molecule has 2 rings (SSSR count). The SMILES string of the molecule is O=C(NCCC1CCCN1)c1ccc(Br)c(F)c1. The lowest BCUT2D eigenvalue weighted by Crippen LogP contribution is -2.30. The van der Waals surface area contributed by atoms with Crippen LogP contribution in [0.5, 0.6) is 0 Å². The lowest BCUT2D eigenvalue weighted by molar-refractivity contribution is 0.0952. The average molecular weight is 315 g/mol. The number of carbonyl (C=O) groups is 1. The van der Waals surface area contributed by atoms with Gasteiger partial charge >= 0.3 is 0 Å². The molecule has 98 valence electrons. The Balaban J connectivity index is 1.81. The first-order chi connectivity index (χ1) is 8.66. The smallest absolute Gasteiger partial charge is 0.251 e. The van der Waals surface area contributed by atoms with Crippen LogP contribution in [0.3, 0.4) is 0 Å². The zero-order valence-electron chi connectivity index (χ0n) is 10.0. The van der Waals surface area contributed by atoms with E-state index in [0.29, 0.717) is 22.6 Å². The van der Waals surface area contributed by atoms with Gasteiger partial charge in [-0.25, -0.2) is 4.39 Å². The third-order valence-electron chi connectivity index (χ3n) is 3.12. The fraction of sp³-hybridized carbons (Fsp3) is 0.462. The third-order valence-corrected chi connectivity index (χ3v) is 3.77. The van der Waals surface area contributed by atoms with Crippen molar-refractivity contribution in [2.75, 3.05) is 13.1 Å². The van der Waals surface area contributed by atoms with Crippen LogP contribution in [-0.4, -0.2) is 25.0 Å². The Bertz CT molecular complexity index is 433. The summed E-state index contributed by atoms with van der Waals surface area (Å²) in [6.07, 6.45) is 3.30. The first-order valence-corrected chi connectivity index (χ1v) is 6.93. The minimum absolute atomic E-state index is 0.223. The highest BCUT2D eigenvalue weighted by Crippen LogP contribution is 2.16. The summed E-state index contributed by atoms with van der Waals surface area (Å²) in [6.45, 7) is 1.69. The Morgan fingerprint density at radius 3 is 3.06 bits per heavy atom.